The second-order valence-corrected chi connectivity index (χ2v) is 9.10. The molecule has 0 aliphatic carbocycles. The number of ether oxygens (including phenoxy) is 3. The zero-order chi connectivity index (χ0) is 25.3. The van der Waals surface area contributed by atoms with Gasteiger partial charge in [-0.05, 0) is 48.9 Å². The predicted octanol–water partition coefficient (Wildman–Crippen LogP) is 8.07. The predicted molar refractivity (Wildman–Crippen MR) is 145 cm³/mol. The number of carbonyl (C=O) groups is 1. The van der Waals surface area contributed by atoms with Crippen molar-refractivity contribution in [2.24, 2.45) is 0 Å². The van der Waals surface area contributed by atoms with Gasteiger partial charge in [-0.25, -0.2) is 0 Å². The molecule has 0 heterocycles. The number of esters is 1. The Balaban J connectivity index is 1.45. The van der Waals surface area contributed by atoms with Crippen molar-refractivity contribution in [3.05, 3.63) is 95.6 Å². The topological polar surface area (TPSA) is 44.8 Å². The second-order valence-electron chi connectivity index (χ2n) is 9.10. The smallest absolute Gasteiger partial charge is 0.305 e. The molecule has 0 amide bonds. The molecule has 4 heteroatoms. The molecule has 4 nitrogen and oxygen atoms in total. The van der Waals surface area contributed by atoms with E-state index in [0.717, 1.165) is 48.3 Å². The molecule has 0 aliphatic rings. The molecule has 0 spiro atoms. The van der Waals surface area contributed by atoms with Gasteiger partial charge in [0.05, 0.1) is 6.61 Å². The van der Waals surface area contributed by atoms with Crippen molar-refractivity contribution < 1.29 is 19.0 Å². The van der Waals surface area contributed by atoms with Gasteiger partial charge in [-0.15, -0.1) is 0 Å². The molecule has 0 fully saturated rings. The quantitative estimate of drug-likeness (QED) is 0.142. The first kappa shape index (κ1) is 27.3. The van der Waals surface area contributed by atoms with Gasteiger partial charge in [-0.3, -0.25) is 4.79 Å². The second kappa shape index (κ2) is 16.4. The van der Waals surface area contributed by atoms with Gasteiger partial charge in [0.2, 0.25) is 0 Å². The van der Waals surface area contributed by atoms with Crippen molar-refractivity contribution >= 4 is 5.97 Å². The molecule has 0 unspecified atom stereocenters. The SMILES string of the molecule is CCOC(=O)CCCCCCCCCc1ccc(OCc2ccccc2)cc1OCc1ccccc1. The van der Waals surface area contributed by atoms with Crippen molar-refractivity contribution in [2.45, 2.75) is 77.9 Å². The molecule has 36 heavy (non-hydrogen) atoms. The van der Waals surface area contributed by atoms with Gasteiger partial charge in [0.15, 0.2) is 0 Å². The summed E-state index contributed by atoms with van der Waals surface area (Å²) in [5.41, 5.74) is 3.53. The molecule has 0 atom stereocenters. The molecule has 3 rings (SSSR count). The lowest BCUT2D eigenvalue weighted by atomic mass is 10.0. The van der Waals surface area contributed by atoms with Gasteiger partial charge >= 0.3 is 5.97 Å². The standard InChI is InChI=1S/C32H40O4/c1-2-34-32(33)21-15-7-5-3-4-6-14-20-29-22-23-30(35-25-27-16-10-8-11-17-27)24-31(29)36-26-28-18-12-9-13-19-28/h8-13,16-19,22-24H,2-7,14-15,20-21,25-26H2,1H3. The minimum atomic E-state index is -0.0701. The third-order valence-electron chi connectivity index (χ3n) is 6.16. The molecule has 3 aromatic rings. The highest BCUT2D eigenvalue weighted by Crippen LogP contribution is 2.28. The Morgan fingerprint density at radius 1 is 0.667 bits per heavy atom. The Hall–Kier alpha value is -3.27. The molecule has 0 radical (unpaired) electrons. The average molecular weight is 489 g/mol. The summed E-state index contributed by atoms with van der Waals surface area (Å²) in [6, 6.07) is 26.7. The van der Waals surface area contributed by atoms with E-state index in [1.54, 1.807) is 0 Å². The van der Waals surface area contributed by atoms with Crippen LogP contribution in [0.2, 0.25) is 0 Å². The molecule has 3 aromatic carbocycles. The van der Waals surface area contributed by atoms with E-state index in [0.29, 0.717) is 26.2 Å². The zero-order valence-electron chi connectivity index (χ0n) is 21.6. The van der Waals surface area contributed by atoms with Crippen molar-refractivity contribution in [3.63, 3.8) is 0 Å². The maximum atomic E-state index is 11.4. The fourth-order valence-corrected chi connectivity index (χ4v) is 4.14. The number of hydrogen-bond acceptors (Lipinski definition) is 4. The van der Waals surface area contributed by atoms with Gasteiger partial charge < -0.3 is 14.2 Å². The van der Waals surface area contributed by atoms with Crippen molar-refractivity contribution in [2.75, 3.05) is 6.61 Å². The Labute approximate surface area is 216 Å². The van der Waals surface area contributed by atoms with E-state index in [9.17, 15) is 4.79 Å². The largest absolute Gasteiger partial charge is 0.489 e. The molecule has 192 valence electrons. The highest BCUT2D eigenvalue weighted by Gasteiger charge is 2.08. The van der Waals surface area contributed by atoms with Crippen molar-refractivity contribution in [1.29, 1.82) is 0 Å². The monoisotopic (exact) mass is 488 g/mol. The lowest BCUT2D eigenvalue weighted by molar-refractivity contribution is -0.143. The van der Waals surface area contributed by atoms with E-state index in [-0.39, 0.29) is 5.97 Å². The third-order valence-corrected chi connectivity index (χ3v) is 6.16. The maximum Gasteiger partial charge on any atom is 0.305 e. The van der Waals surface area contributed by atoms with Gasteiger partial charge in [-0.2, -0.15) is 0 Å². The number of unbranched alkanes of at least 4 members (excludes halogenated alkanes) is 6. The highest BCUT2D eigenvalue weighted by atomic mass is 16.5. The van der Waals surface area contributed by atoms with Crippen LogP contribution < -0.4 is 9.47 Å². The van der Waals surface area contributed by atoms with E-state index in [1.165, 1.54) is 31.2 Å². The highest BCUT2D eigenvalue weighted by molar-refractivity contribution is 5.69. The van der Waals surface area contributed by atoms with Crippen LogP contribution in [0.5, 0.6) is 11.5 Å². The summed E-state index contributed by atoms with van der Waals surface area (Å²) >= 11 is 0. The van der Waals surface area contributed by atoms with Gasteiger partial charge in [0.1, 0.15) is 24.7 Å². The molecule has 0 N–H and O–H groups in total. The van der Waals surface area contributed by atoms with E-state index < -0.39 is 0 Å². The summed E-state index contributed by atoms with van der Waals surface area (Å²) in [4.78, 5) is 11.4. The Morgan fingerprint density at radius 2 is 1.25 bits per heavy atom. The molecule has 0 saturated carbocycles. The summed E-state index contributed by atoms with van der Waals surface area (Å²) in [5.74, 6) is 1.66. The van der Waals surface area contributed by atoms with Gasteiger partial charge in [-0.1, -0.05) is 98.8 Å². The van der Waals surface area contributed by atoms with E-state index in [4.69, 9.17) is 14.2 Å². The number of carbonyl (C=O) groups excluding carboxylic acids is 1. The summed E-state index contributed by atoms with van der Waals surface area (Å²) in [7, 11) is 0. The Morgan fingerprint density at radius 3 is 1.89 bits per heavy atom. The van der Waals surface area contributed by atoms with Crippen molar-refractivity contribution in [3.8, 4) is 11.5 Å². The first-order chi connectivity index (χ1) is 17.7. The van der Waals surface area contributed by atoms with Crippen LogP contribution in [0.1, 0.15) is 75.0 Å². The van der Waals surface area contributed by atoms with Crippen LogP contribution >= 0.6 is 0 Å². The number of benzene rings is 3. The number of rotatable bonds is 17. The van der Waals surface area contributed by atoms with Crippen LogP contribution in [0.3, 0.4) is 0 Å². The lowest BCUT2D eigenvalue weighted by Crippen LogP contribution is -2.03. The summed E-state index contributed by atoms with van der Waals surface area (Å²) in [5, 5.41) is 0. The number of aryl methyl sites for hydroxylation is 1. The summed E-state index contributed by atoms with van der Waals surface area (Å²) < 4.78 is 17.3. The first-order valence-corrected chi connectivity index (χ1v) is 13.4. The molecular weight excluding hydrogens is 448 g/mol. The van der Waals surface area contributed by atoms with Crippen LogP contribution in [0.4, 0.5) is 0 Å². The average Bonchev–Trinajstić information content (AvgIpc) is 2.91. The molecule has 0 saturated heterocycles. The molecule has 0 aromatic heterocycles. The van der Waals surface area contributed by atoms with Crippen LogP contribution in [-0.4, -0.2) is 12.6 Å². The zero-order valence-corrected chi connectivity index (χ0v) is 21.6. The van der Waals surface area contributed by atoms with Crippen LogP contribution in [0, 0.1) is 0 Å². The fraction of sp³-hybridized carbons (Fsp3) is 0.406. The van der Waals surface area contributed by atoms with Gasteiger partial charge in [0, 0.05) is 12.5 Å². The number of hydrogen-bond donors (Lipinski definition) is 0. The van der Waals surface area contributed by atoms with E-state index in [2.05, 4.69) is 36.4 Å². The van der Waals surface area contributed by atoms with Crippen LogP contribution in [0.25, 0.3) is 0 Å². The molecule has 0 aliphatic heterocycles. The minimum Gasteiger partial charge on any atom is -0.489 e. The van der Waals surface area contributed by atoms with E-state index >= 15 is 0 Å². The first-order valence-electron chi connectivity index (χ1n) is 13.4. The summed E-state index contributed by atoms with van der Waals surface area (Å²) in [6.07, 6.45) is 9.51. The summed E-state index contributed by atoms with van der Waals surface area (Å²) in [6.45, 7) is 3.41. The third kappa shape index (κ3) is 10.6. The Kier molecular flexibility index (Phi) is 12.5. The van der Waals surface area contributed by atoms with Crippen LogP contribution in [0.15, 0.2) is 78.9 Å². The minimum absolute atomic E-state index is 0.0701. The van der Waals surface area contributed by atoms with Crippen LogP contribution in [-0.2, 0) is 29.2 Å². The lowest BCUT2D eigenvalue weighted by Gasteiger charge is -2.14. The Bertz CT molecular complexity index is 1000. The van der Waals surface area contributed by atoms with Gasteiger partial charge in [0.25, 0.3) is 0 Å². The van der Waals surface area contributed by atoms with E-state index in [1.807, 2.05) is 49.4 Å². The molecular formula is C32H40O4. The fourth-order valence-electron chi connectivity index (χ4n) is 4.14. The van der Waals surface area contributed by atoms with Crippen molar-refractivity contribution in [1.82, 2.24) is 0 Å². The maximum absolute atomic E-state index is 11.4. The normalized spacial score (nSPS) is 10.7. The molecule has 0 bridgehead atoms.